The SMILES string of the molecule is C[C@H]1CCCC[NH+]1CCCNC(=O)c1cc(S(=O)(=O)N2CCOCC2)ccc1F. The Bertz CT molecular complexity index is 812. The van der Waals surface area contributed by atoms with E-state index in [9.17, 15) is 17.6 Å². The van der Waals surface area contributed by atoms with Crippen molar-refractivity contribution in [1.82, 2.24) is 9.62 Å². The fourth-order valence-electron chi connectivity index (χ4n) is 4.01. The Morgan fingerprint density at radius 3 is 2.79 bits per heavy atom. The minimum absolute atomic E-state index is 0.0717. The minimum atomic E-state index is -3.78. The number of nitrogens with zero attached hydrogens (tertiary/aromatic N) is 1. The second kappa shape index (κ2) is 9.97. The van der Waals surface area contributed by atoms with Crippen LogP contribution in [0.25, 0.3) is 0 Å². The fraction of sp³-hybridized carbons (Fsp3) is 0.650. The van der Waals surface area contributed by atoms with Gasteiger partial charge in [-0.3, -0.25) is 4.79 Å². The van der Waals surface area contributed by atoms with Crippen molar-refractivity contribution in [3.63, 3.8) is 0 Å². The Hall–Kier alpha value is -1.55. The van der Waals surface area contributed by atoms with E-state index in [0.29, 0.717) is 25.8 Å². The molecule has 0 aromatic heterocycles. The van der Waals surface area contributed by atoms with Gasteiger partial charge in [0.05, 0.1) is 42.8 Å². The molecule has 2 atom stereocenters. The zero-order valence-corrected chi connectivity index (χ0v) is 17.8. The number of rotatable bonds is 7. The number of quaternary nitrogens is 1. The van der Waals surface area contributed by atoms with Gasteiger partial charge in [0.2, 0.25) is 10.0 Å². The third kappa shape index (κ3) is 5.53. The Morgan fingerprint density at radius 2 is 2.07 bits per heavy atom. The molecule has 0 aliphatic carbocycles. The maximum Gasteiger partial charge on any atom is 0.254 e. The van der Waals surface area contributed by atoms with Crippen LogP contribution in [-0.2, 0) is 14.8 Å². The second-order valence-electron chi connectivity index (χ2n) is 7.82. The number of ether oxygens (including phenoxy) is 1. The van der Waals surface area contributed by atoms with E-state index in [-0.39, 0.29) is 23.5 Å². The quantitative estimate of drug-likeness (QED) is 0.617. The molecule has 0 bridgehead atoms. The van der Waals surface area contributed by atoms with Crippen molar-refractivity contribution in [2.75, 3.05) is 45.9 Å². The molecule has 2 fully saturated rings. The highest BCUT2D eigenvalue weighted by atomic mass is 32.2. The molecule has 2 aliphatic heterocycles. The van der Waals surface area contributed by atoms with Gasteiger partial charge in [-0.1, -0.05) is 0 Å². The van der Waals surface area contributed by atoms with Crippen LogP contribution in [0.4, 0.5) is 4.39 Å². The smallest absolute Gasteiger partial charge is 0.254 e. The van der Waals surface area contributed by atoms with Crippen LogP contribution < -0.4 is 10.2 Å². The van der Waals surface area contributed by atoms with E-state index in [0.717, 1.165) is 31.6 Å². The molecule has 7 nitrogen and oxygen atoms in total. The summed E-state index contributed by atoms with van der Waals surface area (Å²) in [6.45, 7) is 5.96. The number of carbonyl (C=O) groups excluding carboxylic acids is 1. The minimum Gasteiger partial charge on any atom is -0.379 e. The van der Waals surface area contributed by atoms with Crippen molar-refractivity contribution in [3.8, 4) is 0 Å². The van der Waals surface area contributed by atoms with Crippen LogP contribution >= 0.6 is 0 Å². The summed E-state index contributed by atoms with van der Waals surface area (Å²) in [4.78, 5) is 13.9. The van der Waals surface area contributed by atoms with Gasteiger partial charge in [-0.2, -0.15) is 4.31 Å². The van der Waals surface area contributed by atoms with E-state index in [1.807, 2.05) is 0 Å². The molecule has 1 aromatic rings. The molecule has 3 rings (SSSR count). The van der Waals surface area contributed by atoms with Gasteiger partial charge in [0.1, 0.15) is 5.82 Å². The summed E-state index contributed by atoms with van der Waals surface area (Å²) in [5, 5.41) is 2.73. The number of nitrogens with one attached hydrogen (secondary N) is 2. The standard InChI is InChI=1S/C20H30FN3O4S/c1-16-5-2-3-9-23(16)10-4-8-22-20(25)18-15-17(6-7-19(18)21)29(26,27)24-11-13-28-14-12-24/h6-7,15-16H,2-5,8-14H2,1H3,(H,22,25)/p+1/t16-/m0/s1. The Kier molecular flexibility index (Phi) is 7.61. The summed E-state index contributed by atoms with van der Waals surface area (Å²) in [6.07, 6.45) is 4.56. The lowest BCUT2D eigenvalue weighted by Gasteiger charge is -2.30. The molecule has 1 aromatic carbocycles. The summed E-state index contributed by atoms with van der Waals surface area (Å²) in [7, 11) is -3.78. The molecule has 29 heavy (non-hydrogen) atoms. The summed E-state index contributed by atoms with van der Waals surface area (Å²) in [5.41, 5.74) is -0.238. The van der Waals surface area contributed by atoms with E-state index in [1.165, 1.54) is 29.6 Å². The molecular formula is C20H31FN3O4S+. The maximum absolute atomic E-state index is 14.2. The molecule has 1 amide bonds. The zero-order valence-electron chi connectivity index (χ0n) is 17.0. The lowest BCUT2D eigenvalue weighted by Crippen LogP contribution is -3.16. The molecule has 162 valence electrons. The zero-order chi connectivity index (χ0) is 20.9. The van der Waals surface area contributed by atoms with Gasteiger partial charge >= 0.3 is 0 Å². The average Bonchev–Trinajstić information content (AvgIpc) is 2.73. The summed E-state index contributed by atoms with van der Waals surface area (Å²) < 4.78 is 46.2. The van der Waals surface area contributed by atoms with Crippen molar-refractivity contribution in [2.24, 2.45) is 0 Å². The average molecular weight is 429 g/mol. The Labute approximate surface area is 172 Å². The van der Waals surface area contributed by atoms with E-state index in [1.54, 1.807) is 4.90 Å². The van der Waals surface area contributed by atoms with Crippen LogP contribution in [0.3, 0.4) is 0 Å². The lowest BCUT2D eigenvalue weighted by atomic mass is 10.0. The highest BCUT2D eigenvalue weighted by molar-refractivity contribution is 7.89. The topological polar surface area (TPSA) is 80.2 Å². The Balaban J connectivity index is 1.59. The maximum atomic E-state index is 14.2. The first-order valence-electron chi connectivity index (χ1n) is 10.4. The molecule has 1 unspecified atom stereocenters. The van der Waals surface area contributed by atoms with E-state index >= 15 is 0 Å². The number of sulfonamides is 1. The molecule has 9 heteroatoms. The number of benzene rings is 1. The first-order chi connectivity index (χ1) is 13.9. The van der Waals surface area contributed by atoms with Crippen LogP contribution in [0.5, 0.6) is 0 Å². The first kappa shape index (κ1) is 22.1. The van der Waals surface area contributed by atoms with Gasteiger partial charge in [-0.15, -0.1) is 0 Å². The van der Waals surface area contributed by atoms with Gasteiger partial charge in [0, 0.05) is 26.1 Å². The van der Waals surface area contributed by atoms with Crippen molar-refractivity contribution in [2.45, 2.75) is 43.5 Å². The number of amides is 1. The van der Waals surface area contributed by atoms with Gasteiger partial charge in [-0.05, 0) is 44.4 Å². The monoisotopic (exact) mass is 428 g/mol. The second-order valence-corrected chi connectivity index (χ2v) is 9.76. The molecule has 2 aliphatic rings. The first-order valence-corrected chi connectivity index (χ1v) is 11.8. The lowest BCUT2D eigenvalue weighted by molar-refractivity contribution is -0.928. The molecule has 0 radical (unpaired) electrons. The van der Waals surface area contributed by atoms with E-state index in [4.69, 9.17) is 4.74 Å². The number of hydrogen-bond donors (Lipinski definition) is 2. The summed E-state index contributed by atoms with van der Waals surface area (Å²) >= 11 is 0. The number of carbonyl (C=O) groups is 1. The number of likely N-dealkylation sites (tertiary alicyclic amines) is 1. The highest BCUT2D eigenvalue weighted by Gasteiger charge is 2.28. The molecule has 2 N–H and O–H groups in total. The van der Waals surface area contributed by atoms with Gasteiger partial charge in [0.15, 0.2) is 0 Å². The van der Waals surface area contributed by atoms with E-state index in [2.05, 4.69) is 12.2 Å². The molecule has 2 saturated heterocycles. The Morgan fingerprint density at radius 1 is 1.31 bits per heavy atom. The third-order valence-corrected chi connectivity index (χ3v) is 7.73. The number of halogens is 1. The fourth-order valence-corrected chi connectivity index (χ4v) is 5.45. The van der Waals surface area contributed by atoms with Crippen LogP contribution in [0, 0.1) is 5.82 Å². The van der Waals surface area contributed by atoms with Crippen LogP contribution in [-0.4, -0.2) is 70.6 Å². The summed E-state index contributed by atoms with van der Waals surface area (Å²) in [5.74, 6) is -1.30. The van der Waals surface area contributed by atoms with Crippen LogP contribution in [0.2, 0.25) is 0 Å². The van der Waals surface area contributed by atoms with Crippen molar-refractivity contribution in [3.05, 3.63) is 29.6 Å². The number of morpholine rings is 1. The summed E-state index contributed by atoms with van der Waals surface area (Å²) in [6, 6.07) is 4.02. The molecule has 0 spiro atoms. The molecule has 2 heterocycles. The number of piperidine rings is 1. The van der Waals surface area contributed by atoms with Crippen LogP contribution in [0.15, 0.2) is 23.1 Å². The largest absolute Gasteiger partial charge is 0.379 e. The predicted octanol–water partition coefficient (Wildman–Crippen LogP) is 0.424. The van der Waals surface area contributed by atoms with Gasteiger partial charge < -0.3 is 15.0 Å². The van der Waals surface area contributed by atoms with Gasteiger partial charge in [0.25, 0.3) is 5.91 Å². The predicted molar refractivity (Wildman–Crippen MR) is 107 cm³/mol. The van der Waals surface area contributed by atoms with Gasteiger partial charge in [-0.25, -0.2) is 12.8 Å². The number of hydrogen-bond acceptors (Lipinski definition) is 4. The normalized spacial score (nSPS) is 23.7. The van der Waals surface area contributed by atoms with E-state index < -0.39 is 21.7 Å². The van der Waals surface area contributed by atoms with Crippen molar-refractivity contribution < 1.29 is 27.2 Å². The highest BCUT2D eigenvalue weighted by Crippen LogP contribution is 2.20. The van der Waals surface area contributed by atoms with Crippen molar-refractivity contribution >= 4 is 15.9 Å². The van der Waals surface area contributed by atoms with Crippen LogP contribution in [0.1, 0.15) is 43.0 Å². The van der Waals surface area contributed by atoms with Crippen molar-refractivity contribution in [1.29, 1.82) is 0 Å². The molecular weight excluding hydrogens is 397 g/mol. The third-order valence-electron chi connectivity index (χ3n) is 5.83. The molecule has 0 saturated carbocycles.